The SMILES string of the molecule is O=C([C@@H]1CCC(=O)N1C(=O)OCc1ccccc1)N1CCCCC1. The molecule has 128 valence electrons. The molecule has 1 aromatic rings. The lowest BCUT2D eigenvalue weighted by Gasteiger charge is -2.31. The predicted octanol–water partition coefficient (Wildman–Crippen LogP) is 2.33. The molecule has 0 aliphatic carbocycles. The van der Waals surface area contributed by atoms with E-state index < -0.39 is 12.1 Å². The Hall–Kier alpha value is -2.37. The zero-order chi connectivity index (χ0) is 16.9. The first-order chi connectivity index (χ1) is 11.7. The molecule has 3 rings (SSSR count). The first-order valence-corrected chi connectivity index (χ1v) is 8.48. The van der Waals surface area contributed by atoms with Gasteiger partial charge in [0.05, 0.1) is 0 Å². The lowest BCUT2D eigenvalue weighted by Crippen LogP contribution is -2.50. The van der Waals surface area contributed by atoms with Crippen LogP contribution in [0.4, 0.5) is 4.79 Å². The molecule has 0 spiro atoms. The van der Waals surface area contributed by atoms with Crippen LogP contribution < -0.4 is 0 Å². The Morgan fingerprint density at radius 3 is 2.50 bits per heavy atom. The summed E-state index contributed by atoms with van der Waals surface area (Å²) in [7, 11) is 0. The van der Waals surface area contributed by atoms with Crippen molar-refractivity contribution in [2.75, 3.05) is 13.1 Å². The van der Waals surface area contributed by atoms with E-state index in [1.165, 1.54) is 0 Å². The number of hydrogen-bond acceptors (Lipinski definition) is 4. The minimum absolute atomic E-state index is 0.0913. The van der Waals surface area contributed by atoms with Crippen LogP contribution in [0.1, 0.15) is 37.7 Å². The van der Waals surface area contributed by atoms with E-state index in [0.29, 0.717) is 19.5 Å². The van der Waals surface area contributed by atoms with Gasteiger partial charge in [-0.05, 0) is 31.2 Å². The van der Waals surface area contributed by atoms with E-state index in [2.05, 4.69) is 0 Å². The summed E-state index contributed by atoms with van der Waals surface area (Å²) < 4.78 is 5.25. The fraction of sp³-hybridized carbons (Fsp3) is 0.500. The van der Waals surface area contributed by atoms with Crippen molar-refractivity contribution in [1.29, 1.82) is 0 Å². The molecule has 2 fully saturated rings. The van der Waals surface area contributed by atoms with Gasteiger partial charge in [0, 0.05) is 19.5 Å². The molecule has 1 aromatic carbocycles. The summed E-state index contributed by atoms with van der Waals surface area (Å²) in [6, 6.07) is 8.56. The normalized spacial score (nSPS) is 21.0. The van der Waals surface area contributed by atoms with Crippen LogP contribution in [0.2, 0.25) is 0 Å². The van der Waals surface area contributed by atoms with E-state index in [4.69, 9.17) is 4.74 Å². The number of amides is 3. The number of benzene rings is 1. The van der Waals surface area contributed by atoms with Gasteiger partial charge >= 0.3 is 6.09 Å². The minimum atomic E-state index is -0.725. The van der Waals surface area contributed by atoms with Crippen LogP contribution >= 0.6 is 0 Å². The second-order valence-corrected chi connectivity index (χ2v) is 6.24. The van der Waals surface area contributed by atoms with E-state index in [1.54, 1.807) is 4.90 Å². The number of hydrogen-bond donors (Lipinski definition) is 0. The number of piperidine rings is 1. The molecule has 2 heterocycles. The summed E-state index contributed by atoms with van der Waals surface area (Å²) in [4.78, 5) is 39.9. The first-order valence-electron chi connectivity index (χ1n) is 8.48. The molecule has 0 N–H and O–H groups in total. The van der Waals surface area contributed by atoms with Gasteiger partial charge in [-0.3, -0.25) is 9.59 Å². The van der Waals surface area contributed by atoms with Crippen molar-refractivity contribution in [3.05, 3.63) is 35.9 Å². The number of nitrogens with zero attached hydrogens (tertiary/aromatic N) is 2. The summed E-state index contributed by atoms with van der Waals surface area (Å²) in [6.45, 7) is 1.50. The van der Waals surface area contributed by atoms with Crippen molar-refractivity contribution in [3.8, 4) is 0 Å². The Morgan fingerprint density at radius 2 is 1.79 bits per heavy atom. The third-order valence-corrected chi connectivity index (χ3v) is 4.57. The fourth-order valence-corrected chi connectivity index (χ4v) is 3.26. The van der Waals surface area contributed by atoms with Crippen molar-refractivity contribution in [2.45, 2.75) is 44.8 Å². The Labute approximate surface area is 141 Å². The number of likely N-dealkylation sites (tertiary alicyclic amines) is 2. The van der Waals surface area contributed by atoms with Gasteiger partial charge < -0.3 is 9.64 Å². The highest BCUT2D eigenvalue weighted by atomic mass is 16.6. The van der Waals surface area contributed by atoms with Crippen molar-refractivity contribution in [2.24, 2.45) is 0 Å². The Kier molecular flexibility index (Phi) is 5.13. The van der Waals surface area contributed by atoms with Gasteiger partial charge in [0.15, 0.2) is 0 Å². The van der Waals surface area contributed by atoms with Crippen LogP contribution in [0.25, 0.3) is 0 Å². The number of imide groups is 1. The molecule has 6 heteroatoms. The third-order valence-electron chi connectivity index (χ3n) is 4.57. The summed E-state index contributed by atoms with van der Waals surface area (Å²) in [6.07, 6.45) is 2.95. The smallest absolute Gasteiger partial charge is 0.417 e. The zero-order valence-electron chi connectivity index (χ0n) is 13.6. The molecule has 0 bridgehead atoms. The Bertz CT molecular complexity index is 611. The second-order valence-electron chi connectivity index (χ2n) is 6.24. The number of carbonyl (C=O) groups is 3. The molecule has 0 unspecified atom stereocenters. The van der Waals surface area contributed by atoms with Gasteiger partial charge in [-0.15, -0.1) is 0 Å². The zero-order valence-corrected chi connectivity index (χ0v) is 13.6. The van der Waals surface area contributed by atoms with Crippen LogP contribution in [0.5, 0.6) is 0 Å². The fourth-order valence-electron chi connectivity index (χ4n) is 3.26. The molecule has 1 atom stereocenters. The molecule has 6 nitrogen and oxygen atoms in total. The highest BCUT2D eigenvalue weighted by Gasteiger charge is 2.43. The highest BCUT2D eigenvalue weighted by molar-refractivity contribution is 6.00. The van der Waals surface area contributed by atoms with Gasteiger partial charge in [-0.2, -0.15) is 0 Å². The van der Waals surface area contributed by atoms with Crippen LogP contribution in [-0.4, -0.2) is 46.8 Å². The van der Waals surface area contributed by atoms with E-state index >= 15 is 0 Å². The topological polar surface area (TPSA) is 66.9 Å². The standard InChI is InChI=1S/C18H22N2O4/c21-16-10-9-15(17(22)19-11-5-2-6-12-19)20(16)18(23)24-13-14-7-3-1-4-8-14/h1,3-4,7-8,15H,2,5-6,9-13H2/t15-/m0/s1. The van der Waals surface area contributed by atoms with Crippen molar-refractivity contribution < 1.29 is 19.1 Å². The van der Waals surface area contributed by atoms with Gasteiger partial charge in [-0.1, -0.05) is 30.3 Å². The Morgan fingerprint density at radius 1 is 1.08 bits per heavy atom. The second kappa shape index (κ2) is 7.47. The van der Waals surface area contributed by atoms with Gasteiger partial charge in [0.2, 0.25) is 11.8 Å². The predicted molar refractivity (Wildman–Crippen MR) is 86.9 cm³/mol. The maximum absolute atomic E-state index is 12.7. The molecule has 24 heavy (non-hydrogen) atoms. The molecule has 0 aromatic heterocycles. The molecule has 3 amide bonds. The van der Waals surface area contributed by atoms with Crippen LogP contribution in [-0.2, 0) is 20.9 Å². The maximum Gasteiger partial charge on any atom is 0.417 e. The minimum Gasteiger partial charge on any atom is -0.444 e. The maximum atomic E-state index is 12.7. The molecule has 0 radical (unpaired) electrons. The van der Waals surface area contributed by atoms with Crippen LogP contribution in [0.15, 0.2) is 30.3 Å². The lowest BCUT2D eigenvalue weighted by atomic mass is 10.1. The monoisotopic (exact) mass is 330 g/mol. The summed E-state index contributed by atoms with van der Waals surface area (Å²) in [5, 5.41) is 0. The average Bonchev–Trinajstić information content (AvgIpc) is 3.02. The molecular weight excluding hydrogens is 308 g/mol. The summed E-state index contributed by atoms with van der Waals surface area (Å²) in [5.41, 5.74) is 0.844. The number of ether oxygens (including phenoxy) is 1. The Balaban J connectivity index is 1.63. The third kappa shape index (κ3) is 3.58. The molecule has 0 saturated carbocycles. The average molecular weight is 330 g/mol. The van der Waals surface area contributed by atoms with Gasteiger partial charge in [-0.25, -0.2) is 9.69 Å². The van der Waals surface area contributed by atoms with E-state index in [-0.39, 0.29) is 24.8 Å². The van der Waals surface area contributed by atoms with Crippen molar-refractivity contribution in [1.82, 2.24) is 9.80 Å². The highest BCUT2D eigenvalue weighted by Crippen LogP contribution is 2.23. The van der Waals surface area contributed by atoms with Gasteiger partial charge in [0.1, 0.15) is 12.6 Å². The lowest BCUT2D eigenvalue weighted by molar-refractivity contribution is -0.140. The number of rotatable bonds is 3. The number of carbonyl (C=O) groups excluding carboxylic acids is 3. The first kappa shape index (κ1) is 16.5. The van der Waals surface area contributed by atoms with Crippen LogP contribution in [0, 0.1) is 0 Å². The molecule has 2 aliphatic rings. The van der Waals surface area contributed by atoms with E-state index in [9.17, 15) is 14.4 Å². The molecule has 2 aliphatic heterocycles. The molecular formula is C18H22N2O4. The van der Waals surface area contributed by atoms with Gasteiger partial charge in [0.25, 0.3) is 0 Å². The van der Waals surface area contributed by atoms with E-state index in [1.807, 2.05) is 30.3 Å². The summed E-state index contributed by atoms with van der Waals surface area (Å²) >= 11 is 0. The van der Waals surface area contributed by atoms with Crippen molar-refractivity contribution in [3.63, 3.8) is 0 Å². The van der Waals surface area contributed by atoms with E-state index in [0.717, 1.165) is 29.7 Å². The van der Waals surface area contributed by atoms with Crippen LogP contribution in [0.3, 0.4) is 0 Å². The quantitative estimate of drug-likeness (QED) is 0.853. The van der Waals surface area contributed by atoms with Crippen molar-refractivity contribution >= 4 is 17.9 Å². The largest absolute Gasteiger partial charge is 0.444 e. The molecule has 2 saturated heterocycles. The summed E-state index contributed by atoms with van der Waals surface area (Å²) in [5.74, 6) is -0.458.